The van der Waals surface area contributed by atoms with Crippen LogP contribution < -0.4 is 0 Å². The van der Waals surface area contributed by atoms with E-state index in [0.29, 0.717) is 12.1 Å². The van der Waals surface area contributed by atoms with Crippen molar-refractivity contribution >= 4 is 0 Å². The van der Waals surface area contributed by atoms with Crippen LogP contribution in [0.25, 0.3) is 0 Å². The van der Waals surface area contributed by atoms with Crippen LogP contribution in [0.4, 0.5) is 0 Å². The van der Waals surface area contributed by atoms with Gasteiger partial charge in [-0.05, 0) is 25.0 Å². The van der Waals surface area contributed by atoms with Crippen molar-refractivity contribution in [3.8, 4) is 0 Å². The first-order valence-electron chi connectivity index (χ1n) is 7.44. The molecular formula is C19H21N2. The summed E-state index contributed by atoms with van der Waals surface area (Å²) in [6.07, 6.45) is 4.30. The summed E-state index contributed by atoms with van der Waals surface area (Å²) in [6, 6.07) is 21.9. The first-order valence-corrected chi connectivity index (χ1v) is 7.44. The van der Waals surface area contributed by atoms with E-state index in [1.165, 1.54) is 11.1 Å². The van der Waals surface area contributed by atoms with Crippen LogP contribution in [-0.4, -0.2) is 9.80 Å². The minimum absolute atomic E-state index is 0.343. The number of benzene rings is 2. The van der Waals surface area contributed by atoms with Gasteiger partial charge in [-0.1, -0.05) is 60.7 Å². The van der Waals surface area contributed by atoms with Crippen molar-refractivity contribution < 1.29 is 0 Å². The van der Waals surface area contributed by atoms with E-state index in [1.54, 1.807) is 0 Å². The predicted molar refractivity (Wildman–Crippen MR) is 86.8 cm³/mol. The fourth-order valence-corrected chi connectivity index (χ4v) is 2.65. The Morgan fingerprint density at radius 1 is 0.619 bits per heavy atom. The van der Waals surface area contributed by atoms with Crippen molar-refractivity contribution in [3.05, 3.63) is 90.9 Å². The standard InChI is InChI=1S/C19H21N2/c1-16(18-9-5-3-6-10-18)20-13-14-21(15-20)17(2)19-11-7-4-8-12-19/h3-17H,1-2H3/t16-,17-/m0/s1. The Labute approximate surface area is 127 Å². The third-order valence-electron chi connectivity index (χ3n) is 4.14. The molecule has 1 aliphatic rings. The Kier molecular flexibility index (Phi) is 3.96. The average Bonchev–Trinajstić information content (AvgIpc) is 3.05. The minimum Gasteiger partial charge on any atom is -0.346 e. The van der Waals surface area contributed by atoms with Crippen LogP contribution in [0.1, 0.15) is 37.1 Å². The van der Waals surface area contributed by atoms with E-state index in [-0.39, 0.29) is 0 Å². The Morgan fingerprint density at radius 2 is 1.00 bits per heavy atom. The summed E-state index contributed by atoms with van der Waals surface area (Å²) >= 11 is 0. The highest BCUT2D eigenvalue weighted by atomic mass is 15.4. The molecule has 0 spiro atoms. The van der Waals surface area contributed by atoms with Crippen LogP contribution >= 0.6 is 0 Å². The molecule has 2 aromatic carbocycles. The molecule has 2 nitrogen and oxygen atoms in total. The van der Waals surface area contributed by atoms with E-state index in [1.807, 2.05) is 0 Å². The lowest BCUT2D eigenvalue weighted by Gasteiger charge is -2.29. The van der Waals surface area contributed by atoms with Crippen LogP contribution in [0.3, 0.4) is 0 Å². The van der Waals surface area contributed by atoms with Gasteiger partial charge in [0.1, 0.15) is 6.67 Å². The quantitative estimate of drug-likeness (QED) is 0.798. The van der Waals surface area contributed by atoms with Crippen LogP contribution in [0.5, 0.6) is 0 Å². The van der Waals surface area contributed by atoms with Crippen LogP contribution in [0, 0.1) is 6.67 Å². The van der Waals surface area contributed by atoms with E-state index < -0.39 is 0 Å². The summed E-state index contributed by atoms with van der Waals surface area (Å²) in [6.45, 7) is 6.65. The van der Waals surface area contributed by atoms with Gasteiger partial charge in [0, 0.05) is 12.4 Å². The third kappa shape index (κ3) is 2.94. The van der Waals surface area contributed by atoms with Crippen LogP contribution in [0.15, 0.2) is 73.1 Å². The summed E-state index contributed by atoms with van der Waals surface area (Å²) in [5, 5.41) is 0. The molecule has 107 valence electrons. The predicted octanol–water partition coefficient (Wildman–Crippen LogP) is 4.72. The molecule has 2 atom stereocenters. The smallest absolute Gasteiger partial charge is 0.142 e. The summed E-state index contributed by atoms with van der Waals surface area (Å²) < 4.78 is 0. The molecule has 0 saturated carbocycles. The molecule has 21 heavy (non-hydrogen) atoms. The number of hydrogen-bond donors (Lipinski definition) is 0. The largest absolute Gasteiger partial charge is 0.346 e. The van der Waals surface area contributed by atoms with Crippen molar-refractivity contribution in [2.75, 3.05) is 0 Å². The lowest BCUT2D eigenvalue weighted by atomic mass is 10.1. The zero-order valence-corrected chi connectivity index (χ0v) is 12.6. The summed E-state index contributed by atoms with van der Waals surface area (Å²) in [5.41, 5.74) is 2.65. The van der Waals surface area contributed by atoms with Crippen molar-refractivity contribution in [3.63, 3.8) is 0 Å². The SMILES string of the molecule is C[C@@H](c1ccccc1)N1[CH]N([C@@H](C)c2ccccc2)C=C1. The molecular weight excluding hydrogens is 256 g/mol. The van der Waals surface area contributed by atoms with Gasteiger partial charge < -0.3 is 9.80 Å². The molecule has 2 heteroatoms. The molecule has 0 amide bonds. The Bertz CT molecular complexity index is 538. The first-order chi connectivity index (χ1) is 10.3. The van der Waals surface area contributed by atoms with Crippen LogP contribution in [0.2, 0.25) is 0 Å². The molecule has 0 N–H and O–H groups in total. The van der Waals surface area contributed by atoms with Gasteiger partial charge in [0.2, 0.25) is 0 Å². The molecule has 3 rings (SSSR count). The van der Waals surface area contributed by atoms with E-state index >= 15 is 0 Å². The maximum atomic E-state index is 2.26. The van der Waals surface area contributed by atoms with Crippen molar-refractivity contribution in [1.29, 1.82) is 0 Å². The molecule has 2 aromatic rings. The van der Waals surface area contributed by atoms with Crippen molar-refractivity contribution in [2.45, 2.75) is 25.9 Å². The minimum atomic E-state index is 0.343. The maximum absolute atomic E-state index is 2.26. The molecule has 0 aliphatic carbocycles. The Balaban J connectivity index is 1.68. The molecule has 1 heterocycles. The summed E-state index contributed by atoms with van der Waals surface area (Å²) in [4.78, 5) is 4.52. The molecule has 0 bridgehead atoms. The Morgan fingerprint density at radius 3 is 1.38 bits per heavy atom. The van der Waals surface area contributed by atoms with Gasteiger partial charge in [-0.25, -0.2) is 0 Å². The second kappa shape index (κ2) is 6.04. The maximum Gasteiger partial charge on any atom is 0.142 e. The average molecular weight is 277 g/mol. The molecule has 0 fully saturated rings. The number of nitrogens with zero attached hydrogens (tertiary/aromatic N) is 2. The first kappa shape index (κ1) is 13.7. The zero-order chi connectivity index (χ0) is 14.7. The van der Waals surface area contributed by atoms with Gasteiger partial charge in [-0.15, -0.1) is 0 Å². The highest BCUT2D eigenvalue weighted by Gasteiger charge is 2.23. The highest BCUT2D eigenvalue weighted by molar-refractivity contribution is 5.23. The molecule has 0 saturated heterocycles. The van der Waals surface area contributed by atoms with Gasteiger partial charge in [-0.2, -0.15) is 0 Å². The number of hydrogen-bond acceptors (Lipinski definition) is 2. The van der Waals surface area contributed by atoms with E-state index in [2.05, 4.69) is 103 Å². The normalized spacial score (nSPS) is 17.0. The molecule has 1 aliphatic heterocycles. The van der Waals surface area contributed by atoms with Crippen molar-refractivity contribution in [1.82, 2.24) is 9.80 Å². The topological polar surface area (TPSA) is 6.48 Å². The van der Waals surface area contributed by atoms with Gasteiger partial charge >= 0.3 is 0 Å². The van der Waals surface area contributed by atoms with E-state index in [0.717, 1.165) is 0 Å². The summed E-state index contributed by atoms with van der Waals surface area (Å²) in [5.74, 6) is 0. The third-order valence-corrected chi connectivity index (χ3v) is 4.14. The molecule has 0 aromatic heterocycles. The lowest BCUT2D eigenvalue weighted by Crippen LogP contribution is -2.24. The van der Waals surface area contributed by atoms with Crippen LogP contribution in [-0.2, 0) is 0 Å². The van der Waals surface area contributed by atoms with Gasteiger partial charge in [-0.3, -0.25) is 0 Å². The fraction of sp³-hybridized carbons (Fsp3) is 0.211. The van der Waals surface area contributed by atoms with E-state index in [4.69, 9.17) is 0 Å². The Hall–Kier alpha value is -2.22. The second-order valence-electron chi connectivity index (χ2n) is 5.48. The molecule has 0 unspecified atom stereocenters. The van der Waals surface area contributed by atoms with Crippen molar-refractivity contribution in [2.24, 2.45) is 0 Å². The zero-order valence-electron chi connectivity index (χ0n) is 12.6. The monoisotopic (exact) mass is 277 g/mol. The van der Waals surface area contributed by atoms with Gasteiger partial charge in [0.05, 0.1) is 12.1 Å². The van der Waals surface area contributed by atoms with Gasteiger partial charge in [0.25, 0.3) is 0 Å². The molecule has 1 radical (unpaired) electrons. The van der Waals surface area contributed by atoms with E-state index in [9.17, 15) is 0 Å². The second-order valence-corrected chi connectivity index (χ2v) is 5.48. The highest BCUT2D eigenvalue weighted by Crippen LogP contribution is 2.31. The van der Waals surface area contributed by atoms with Gasteiger partial charge in [0.15, 0.2) is 0 Å². The summed E-state index contributed by atoms with van der Waals surface area (Å²) in [7, 11) is 0. The lowest BCUT2D eigenvalue weighted by molar-refractivity contribution is 0.259. The fourth-order valence-electron chi connectivity index (χ4n) is 2.65. The number of rotatable bonds is 4.